The number of aliphatic hydroxyl groups is 1. The Bertz CT molecular complexity index is 180. The molecule has 0 radical (unpaired) electrons. The standard InChI is InChI=1S/C12H25NO2/c1-5-10(4)11(15)13-8-12(6-2,7-3)9-14/h10,14H,5-9H2,1-4H3,(H,13,15). The van der Waals surface area contributed by atoms with Crippen molar-refractivity contribution >= 4 is 5.91 Å². The van der Waals surface area contributed by atoms with Gasteiger partial charge in [-0.3, -0.25) is 4.79 Å². The first-order valence-electron chi connectivity index (χ1n) is 5.93. The first-order valence-corrected chi connectivity index (χ1v) is 5.93. The lowest BCUT2D eigenvalue weighted by Gasteiger charge is -2.30. The molecule has 0 aliphatic rings. The van der Waals surface area contributed by atoms with Gasteiger partial charge in [0.25, 0.3) is 0 Å². The number of aliphatic hydroxyl groups excluding tert-OH is 1. The van der Waals surface area contributed by atoms with Crippen LogP contribution in [0.1, 0.15) is 47.0 Å². The highest BCUT2D eigenvalue weighted by Gasteiger charge is 2.26. The molecule has 0 bridgehead atoms. The minimum Gasteiger partial charge on any atom is -0.396 e. The van der Waals surface area contributed by atoms with Gasteiger partial charge in [-0.05, 0) is 19.3 Å². The maximum Gasteiger partial charge on any atom is 0.222 e. The van der Waals surface area contributed by atoms with E-state index in [2.05, 4.69) is 19.2 Å². The summed E-state index contributed by atoms with van der Waals surface area (Å²) < 4.78 is 0. The second kappa shape index (κ2) is 6.83. The summed E-state index contributed by atoms with van der Waals surface area (Å²) in [4.78, 5) is 11.6. The second-order valence-electron chi connectivity index (χ2n) is 4.39. The summed E-state index contributed by atoms with van der Waals surface area (Å²) in [6, 6.07) is 0. The summed E-state index contributed by atoms with van der Waals surface area (Å²) in [5, 5.41) is 12.3. The van der Waals surface area contributed by atoms with Crippen molar-refractivity contribution in [2.45, 2.75) is 47.0 Å². The van der Waals surface area contributed by atoms with E-state index >= 15 is 0 Å². The summed E-state index contributed by atoms with van der Waals surface area (Å²) in [5.41, 5.74) is -0.136. The van der Waals surface area contributed by atoms with Crippen LogP contribution < -0.4 is 5.32 Å². The SMILES string of the molecule is CCC(C)C(=O)NCC(CC)(CC)CO. The highest BCUT2D eigenvalue weighted by Crippen LogP contribution is 2.24. The van der Waals surface area contributed by atoms with Gasteiger partial charge in [0.15, 0.2) is 0 Å². The molecule has 0 aromatic carbocycles. The molecular weight excluding hydrogens is 190 g/mol. The van der Waals surface area contributed by atoms with Crippen molar-refractivity contribution in [1.29, 1.82) is 0 Å². The van der Waals surface area contributed by atoms with Crippen LogP contribution in [0.4, 0.5) is 0 Å². The monoisotopic (exact) mass is 215 g/mol. The van der Waals surface area contributed by atoms with Crippen LogP contribution in [0.25, 0.3) is 0 Å². The van der Waals surface area contributed by atoms with Crippen molar-refractivity contribution in [3.05, 3.63) is 0 Å². The molecule has 90 valence electrons. The predicted molar refractivity (Wildman–Crippen MR) is 62.6 cm³/mol. The molecule has 3 heteroatoms. The van der Waals surface area contributed by atoms with E-state index in [0.717, 1.165) is 19.3 Å². The number of carbonyl (C=O) groups is 1. The molecule has 0 spiro atoms. The molecule has 1 amide bonds. The van der Waals surface area contributed by atoms with Gasteiger partial charge in [0.1, 0.15) is 0 Å². The van der Waals surface area contributed by atoms with Gasteiger partial charge in [0, 0.05) is 17.9 Å². The molecule has 0 rings (SSSR count). The van der Waals surface area contributed by atoms with Gasteiger partial charge in [-0.15, -0.1) is 0 Å². The quantitative estimate of drug-likeness (QED) is 0.682. The molecule has 0 saturated heterocycles. The fourth-order valence-electron chi connectivity index (χ4n) is 1.41. The fraction of sp³-hybridized carbons (Fsp3) is 0.917. The Morgan fingerprint density at radius 1 is 1.33 bits per heavy atom. The molecule has 0 aliphatic carbocycles. The molecule has 1 atom stereocenters. The van der Waals surface area contributed by atoms with Crippen LogP contribution in [0, 0.1) is 11.3 Å². The van der Waals surface area contributed by atoms with Crippen LogP contribution in [0.3, 0.4) is 0 Å². The predicted octanol–water partition coefficient (Wildman–Crippen LogP) is 1.95. The van der Waals surface area contributed by atoms with Crippen molar-refractivity contribution in [3.8, 4) is 0 Å². The summed E-state index contributed by atoms with van der Waals surface area (Å²) >= 11 is 0. The van der Waals surface area contributed by atoms with Gasteiger partial charge in [-0.1, -0.05) is 27.7 Å². The smallest absolute Gasteiger partial charge is 0.222 e. The Hall–Kier alpha value is -0.570. The highest BCUT2D eigenvalue weighted by atomic mass is 16.3. The van der Waals surface area contributed by atoms with Crippen LogP contribution in [0.5, 0.6) is 0 Å². The number of amides is 1. The molecule has 2 N–H and O–H groups in total. The molecule has 3 nitrogen and oxygen atoms in total. The van der Waals surface area contributed by atoms with Gasteiger partial charge in [0.05, 0.1) is 6.61 Å². The average Bonchev–Trinajstić information content (AvgIpc) is 2.30. The number of hydrogen-bond acceptors (Lipinski definition) is 2. The zero-order valence-corrected chi connectivity index (χ0v) is 10.5. The van der Waals surface area contributed by atoms with E-state index in [0.29, 0.717) is 6.54 Å². The second-order valence-corrected chi connectivity index (χ2v) is 4.39. The lowest BCUT2D eigenvalue weighted by Crippen LogP contribution is -2.41. The van der Waals surface area contributed by atoms with Gasteiger partial charge in [-0.2, -0.15) is 0 Å². The highest BCUT2D eigenvalue weighted by molar-refractivity contribution is 5.78. The van der Waals surface area contributed by atoms with Crippen LogP contribution >= 0.6 is 0 Å². The number of hydrogen-bond donors (Lipinski definition) is 2. The fourth-order valence-corrected chi connectivity index (χ4v) is 1.41. The Morgan fingerprint density at radius 3 is 2.20 bits per heavy atom. The van der Waals surface area contributed by atoms with E-state index in [1.165, 1.54) is 0 Å². The molecule has 0 aromatic rings. The van der Waals surface area contributed by atoms with E-state index in [1.54, 1.807) is 0 Å². The van der Waals surface area contributed by atoms with E-state index in [4.69, 9.17) is 0 Å². The topological polar surface area (TPSA) is 49.3 Å². The Kier molecular flexibility index (Phi) is 6.57. The maximum atomic E-state index is 11.6. The van der Waals surface area contributed by atoms with Crippen molar-refractivity contribution < 1.29 is 9.90 Å². The van der Waals surface area contributed by atoms with E-state index in [-0.39, 0.29) is 23.8 Å². The van der Waals surface area contributed by atoms with E-state index in [1.807, 2.05) is 13.8 Å². The number of nitrogens with one attached hydrogen (secondary N) is 1. The molecular formula is C12H25NO2. The minimum absolute atomic E-state index is 0.0649. The molecule has 1 unspecified atom stereocenters. The van der Waals surface area contributed by atoms with E-state index in [9.17, 15) is 9.90 Å². The zero-order chi connectivity index (χ0) is 11.9. The summed E-state index contributed by atoms with van der Waals surface area (Å²) in [6.07, 6.45) is 2.64. The first kappa shape index (κ1) is 14.4. The maximum absolute atomic E-state index is 11.6. The third-order valence-electron chi connectivity index (χ3n) is 3.53. The lowest BCUT2D eigenvalue weighted by atomic mass is 9.83. The van der Waals surface area contributed by atoms with E-state index < -0.39 is 0 Å². The summed E-state index contributed by atoms with van der Waals surface area (Å²) in [6.45, 7) is 8.75. The van der Waals surface area contributed by atoms with Gasteiger partial charge in [0.2, 0.25) is 5.91 Å². The Balaban J connectivity index is 4.16. The zero-order valence-electron chi connectivity index (χ0n) is 10.5. The third kappa shape index (κ3) is 4.20. The molecule has 15 heavy (non-hydrogen) atoms. The minimum atomic E-state index is -0.136. The Labute approximate surface area is 93.3 Å². The van der Waals surface area contributed by atoms with Gasteiger partial charge >= 0.3 is 0 Å². The van der Waals surface area contributed by atoms with Crippen molar-refractivity contribution in [1.82, 2.24) is 5.32 Å². The van der Waals surface area contributed by atoms with Crippen molar-refractivity contribution in [3.63, 3.8) is 0 Å². The van der Waals surface area contributed by atoms with Crippen LogP contribution in [0.15, 0.2) is 0 Å². The van der Waals surface area contributed by atoms with Crippen LogP contribution in [-0.2, 0) is 4.79 Å². The van der Waals surface area contributed by atoms with Gasteiger partial charge in [-0.25, -0.2) is 0 Å². The molecule has 0 aromatic heterocycles. The van der Waals surface area contributed by atoms with Crippen LogP contribution in [-0.4, -0.2) is 24.2 Å². The van der Waals surface area contributed by atoms with Crippen molar-refractivity contribution in [2.24, 2.45) is 11.3 Å². The Morgan fingerprint density at radius 2 is 1.87 bits per heavy atom. The normalized spacial score (nSPS) is 13.7. The molecule has 0 aliphatic heterocycles. The van der Waals surface area contributed by atoms with Crippen molar-refractivity contribution in [2.75, 3.05) is 13.2 Å². The summed E-state index contributed by atoms with van der Waals surface area (Å²) in [7, 11) is 0. The summed E-state index contributed by atoms with van der Waals surface area (Å²) in [5.74, 6) is 0.160. The molecule has 0 saturated carbocycles. The largest absolute Gasteiger partial charge is 0.396 e. The third-order valence-corrected chi connectivity index (χ3v) is 3.53. The average molecular weight is 215 g/mol. The number of rotatable bonds is 7. The first-order chi connectivity index (χ1) is 7.05. The number of carbonyl (C=O) groups excluding carboxylic acids is 1. The molecule has 0 heterocycles. The van der Waals surface area contributed by atoms with Gasteiger partial charge < -0.3 is 10.4 Å². The molecule has 0 fully saturated rings. The lowest BCUT2D eigenvalue weighted by molar-refractivity contribution is -0.125. The van der Waals surface area contributed by atoms with Crippen LogP contribution in [0.2, 0.25) is 0 Å².